The zero-order valence-corrected chi connectivity index (χ0v) is 5.96. The summed E-state index contributed by atoms with van der Waals surface area (Å²) in [4.78, 5) is 0. The van der Waals surface area contributed by atoms with Gasteiger partial charge in [-0.25, -0.2) is 0 Å². The average Bonchev–Trinajstić information content (AvgIpc) is 1.61. The van der Waals surface area contributed by atoms with Gasteiger partial charge < -0.3 is 0 Å². The predicted octanol–water partition coefficient (Wildman–Crippen LogP) is 2.66. The SMILES string of the molecule is C/C=C/SC(C)C. The highest BCUT2D eigenvalue weighted by molar-refractivity contribution is 8.02. The third-order valence-electron chi connectivity index (χ3n) is 0.487. The summed E-state index contributed by atoms with van der Waals surface area (Å²) in [6.45, 7) is 6.41. The smallest absolute Gasteiger partial charge is 0.00316 e. The topological polar surface area (TPSA) is 0 Å². The van der Waals surface area contributed by atoms with Crippen LogP contribution in [0.4, 0.5) is 0 Å². The predicted molar refractivity (Wildman–Crippen MR) is 37.5 cm³/mol. The maximum Gasteiger partial charge on any atom is 0.00316 e. The molecule has 0 saturated heterocycles. The first-order valence-electron chi connectivity index (χ1n) is 2.54. The minimum absolute atomic E-state index is 0.733. The summed E-state index contributed by atoms with van der Waals surface area (Å²) < 4.78 is 0. The lowest BCUT2D eigenvalue weighted by Crippen LogP contribution is -1.79. The Bertz CT molecular complexity index is 55.2. The molecule has 0 saturated carbocycles. The third-order valence-corrected chi connectivity index (χ3v) is 1.46. The molecule has 0 aromatic heterocycles. The van der Waals surface area contributed by atoms with Gasteiger partial charge in [0.1, 0.15) is 0 Å². The molecule has 0 spiro atoms. The van der Waals surface area contributed by atoms with Gasteiger partial charge >= 0.3 is 0 Å². The lowest BCUT2D eigenvalue weighted by molar-refractivity contribution is 1.12. The normalized spacial score (nSPS) is 11.4. The van der Waals surface area contributed by atoms with E-state index in [0.29, 0.717) is 0 Å². The number of allylic oxidation sites excluding steroid dienone is 1. The van der Waals surface area contributed by atoms with E-state index in [1.54, 1.807) is 0 Å². The van der Waals surface area contributed by atoms with E-state index < -0.39 is 0 Å². The van der Waals surface area contributed by atoms with Crippen LogP contribution in [0, 0.1) is 0 Å². The zero-order valence-electron chi connectivity index (χ0n) is 5.14. The van der Waals surface area contributed by atoms with Crippen LogP contribution < -0.4 is 0 Å². The van der Waals surface area contributed by atoms with Gasteiger partial charge in [0.2, 0.25) is 0 Å². The van der Waals surface area contributed by atoms with E-state index in [-0.39, 0.29) is 0 Å². The van der Waals surface area contributed by atoms with E-state index in [1.807, 2.05) is 18.7 Å². The van der Waals surface area contributed by atoms with Gasteiger partial charge in [-0.05, 0) is 12.3 Å². The molecule has 0 bridgehead atoms. The van der Waals surface area contributed by atoms with Crippen molar-refractivity contribution in [3.8, 4) is 0 Å². The third kappa shape index (κ3) is 6.09. The van der Waals surface area contributed by atoms with Gasteiger partial charge in [-0.3, -0.25) is 0 Å². The molecule has 0 atom stereocenters. The van der Waals surface area contributed by atoms with Gasteiger partial charge in [0, 0.05) is 5.25 Å². The standard InChI is InChI=1S/C6H12S/c1-4-5-7-6(2)3/h4-6H,1-3H3/b5-4+. The Balaban J connectivity index is 2.97. The molecule has 0 radical (unpaired) electrons. The van der Waals surface area contributed by atoms with Crippen molar-refractivity contribution in [2.75, 3.05) is 0 Å². The van der Waals surface area contributed by atoms with Crippen molar-refractivity contribution in [2.45, 2.75) is 26.0 Å². The van der Waals surface area contributed by atoms with Gasteiger partial charge in [-0.15, -0.1) is 11.8 Å². The highest BCUT2D eigenvalue weighted by Crippen LogP contribution is 2.08. The lowest BCUT2D eigenvalue weighted by Gasteiger charge is -1.93. The average molecular weight is 116 g/mol. The van der Waals surface area contributed by atoms with E-state index in [2.05, 4.69) is 25.3 Å². The first-order valence-corrected chi connectivity index (χ1v) is 3.48. The number of thioether (sulfide) groups is 1. The van der Waals surface area contributed by atoms with Crippen LogP contribution >= 0.6 is 11.8 Å². The quantitative estimate of drug-likeness (QED) is 0.534. The highest BCUT2D eigenvalue weighted by Gasteiger charge is 1.84. The number of hydrogen-bond acceptors (Lipinski definition) is 1. The second-order valence-electron chi connectivity index (χ2n) is 1.65. The Morgan fingerprint density at radius 1 is 1.43 bits per heavy atom. The van der Waals surface area contributed by atoms with Gasteiger partial charge in [-0.2, -0.15) is 0 Å². The number of hydrogen-bond donors (Lipinski definition) is 0. The van der Waals surface area contributed by atoms with Crippen molar-refractivity contribution < 1.29 is 0 Å². The molecular weight excluding hydrogens is 104 g/mol. The van der Waals surface area contributed by atoms with Crippen LogP contribution in [0.5, 0.6) is 0 Å². The molecule has 1 heteroatoms. The molecule has 0 rings (SSSR count). The Labute approximate surface area is 50.0 Å². The summed E-state index contributed by atoms with van der Waals surface area (Å²) in [6.07, 6.45) is 2.06. The highest BCUT2D eigenvalue weighted by atomic mass is 32.2. The van der Waals surface area contributed by atoms with Crippen LogP contribution in [0.25, 0.3) is 0 Å². The van der Waals surface area contributed by atoms with E-state index in [0.717, 1.165) is 5.25 Å². The molecule has 0 nitrogen and oxygen atoms in total. The van der Waals surface area contributed by atoms with Crippen molar-refractivity contribution in [3.05, 3.63) is 11.5 Å². The first-order chi connectivity index (χ1) is 3.27. The Morgan fingerprint density at radius 3 is 2.14 bits per heavy atom. The van der Waals surface area contributed by atoms with Crippen LogP contribution in [0.1, 0.15) is 20.8 Å². The minimum atomic E-state index is 0.733. The molecule has 0 aliphatic rings. The van der Waals surface area contributed by atoms with Crippen LogP contribution in [-0.2, 0) is 0 Å². The summed E-state index contributed by atoms with van der Waals surface area (Å²) in [7, 11) is 0. The van der Waals surface area contributed by atoms with Crippen LogP contribution in [0.3, 0.4) is 0 Å². The van der Waals surface area contributed by atoms with Crippen LogP contribution in [0.15, 0.2) is 11.5 Å². The van der Waals surface area contributed by atoms with Crippen molar-refractivity contribution in [3.63, 3.8) is 0 Å². The molecule has 0 amide bonds. The maximum absolute atomic E-state index is 2.19. The molecule has 7 heavy (non-hydrogen) atoms. The monoisotopic (exact) mass is 116 g/mol. The van der Waals surface area contributed by atoms with Crippen molar-refractivity contribution in [1.29, 1.82) is 0 Å². The van der Waals surface area contributed by atoms with Crippen molar-refractivity contribution >= 4 is 11.8 Å². The maximum atomic E-state index is 2.19. The van der Waals surface area contributed by atoms with E-state index in [1.165, 1.54) is 0 Å². The van der Waals surface area contributed by atoms with Gasteiger partial charge in [-0.1, -0.05) is 19.9 Å². The number of rotatable bonds is 2. The Kier molecular flexibility index (Phi) is 4.31. The first kappa shape index (κ1) is 7.09. The summed E-state index contributed by atoms with van der Waals surface area (Å²) in [5.41, 5.74) is 0. The van der Waals surface area contributed by atoms with Gasteiger partial charge in [0.15, 0.2) is 0 Å². The molecule has 0 N–H and O–H groups in total. The summed E-state index contributed by atoms with van der Waals surface area (Å²) >= 11 is 1.85. The summed E-state index contributed by atoms with van der Waals surface area (Å²) in [5, 5.41) is 2.85. The molecule has 0 aromatic carbocycles. The van der Waals surface area contributed by atoms with Crippen molar-refractivity contribution in [2.24, 2.45) is 0 Å². The van der Waals surface area contributed by atoms with Crippen LogP contribution in [-0.4, -0.2) is 5.25 Å². The molecule has 0 heterocycles. The molecule has 0 aliphatic carbocycles. The second kappa shape index (κ2) is 4.25. The van der Waals surface area contributed by atoms with E-state index >= 15 is 0 Å². The van der Waals surface area contributed by atoms with E-state index in [9.17, 15) is 0 Å². The molecular formula is C6H12S. The fourth-order valence-electron chi connectivity index (χ4n) is 0.236. The molecule has 0 aliphatic heterocycles. The molecule has 0 aromatic rings. The van der Waals surface area contributed by atoms with E-state index in [4.69, 9.17) is 0 Å². The largest absolute Gasteiger partial charge is 0.132 e. The molecule has 0 unspecified atom stereocenters. The second-order valence-corrected chi connectivity index (χ2v) is 3.14. The Morgan fingerprint density at radius 2 is 2.00 bits per heavy atom. The fraction of sp³-hybridized carbons (Fsp3) is 0.667. The molecule has 0 fully saturated rings. The molecule has 42 valence electrons. The minimum Gasteiger partial charge on any atom is -0.132 e. The lowest BCUT2D eigenvalue weighted by atomic mass is 10.6. The summed E-state index contributed by atoms with van der Waals surface area (Å²) in [6, 6.07) is 0. The fourth-order valence-corrected chi connectivity index (χ4v) is 0.707. The summed E-state index contributed by atoms with van der Waals surface area (Å²) in [5.74, 6) is 0. The Hall–Kier alpha value is 0.0900. The van der Waals surface area contributed by atoms with Crippen molar-refractivity contribution in [1.82, 2.24) is 0 Å². The van der Waals surface area contributed by atoms with Gasteiger partial charge in [0.05, 0.1) is 0 Å². The van der Waals surface area contributed by atoms with Crippen LogP contribution in [0.2, 0.25) is 0 Å². The van der Waals surface area contributed by atoms with Gasteiger partial charge in [0.25, 0.3) is 0 Å². The zero-order chi connectivity index (χ0) is 5.70.